The monoisotopic (exact) mass is 168 g/mol. The summed E-state index contributed by atoms with van der Waals surface area (Å²) in [6.45, 7) is 4.14. The minimum absolute atomic E-state index is 0.130. The van der Waals surface area contributed by atoms with Gasteiger partial charge in [0.1, 0.15) is 6.73 Å². The smallest absolute Gasteiger partial charge is 0.270 e. The molecule has 0 atom stereocenters. The van der Waals surface area contributed by atoms with Gasteiger partial charge in [-0.05, 0) is 13.8 Å². The molecule has 4 heteroatoms. The molecule has 0 radical (unpaired) electrons. The Morgan fingerprint density at radius 3 is 3.00 bits per heavy atom. The van der Waals surface area contributed by atoms with E-state index in [1.807, 2.05) is 13.8 Å². The van der Waals surface area contributed by atoms with Crippen molar-refractivity contribution < 1.29 is 4.74 Å². The number of rotatable bonds is 3. The third-order valence-corrected chi connectivity index (χ3v) is 1.35. The average molecular weight is 168 g/mol. The molecule has 1 aromatic rings. The molecule has 0 amide bonds. The SMILES string of the molecule is CC(C)OCn1ccncc1=O. The first-order valence-electron chi connectivity index (χ1n) is 3.82. The van der Waals surface area contributed by atoms with Gasteiger partial charge in [0.05, 0.1) is 12.3 Å². The third kappa shape index (κ3) is 2.47. The molecule has 0 aromatic carbocycles. The van der Waals surface area contributed by atoms with Gasteiger partial charge in [0.25, 0.3) is 5.56 Å². The summed E-state index contributed by atoms with van der Waals surface area (Å²) in [4.78, 5) is 14.7. The molecule has 0 spiro atoms. The standard InChI is InChI=1S/C8H12N2O2/c1-7(2)12-6-10-4-3-9-5-8(10)11/h3-5,7H,6H2,1-2H3. The van der Waals surface area contributed by atoms with Crippen molar-refractivity contribution in [1.29, 1.82) is 0 Å². The van der Waals surface area contributed by atoms with Crippen LogP contribution >= 0.6 is 0 Å². The lowest BCUT2D eigenvalue weighted by atomic mass is 10.5. The number of aromatic nitrogens is 2. The van der Waals surface area contributed by atoms with Crippen LogP contribution in [0.25, 0.3) is 0 Å². The lowest BCUT2D eigenvalue weighted by Gasteiger charge is -2.08. The van der Waals surface area contributed by atoms with Crippen molar-refractivity contribution >= 4 is 0 Å². The molecule has 0 fully saturated rings. The Morgan fingerprint density at radius 1 is 1.67 bits per heavy atom. The van der Waals surface area contributed by atoms with Gasteiger partial charge in [-0.1, -0.05) is 0 Å². The zero-order chi connectivity index (χ0) is 8.97. The maximum Gasteiger partial charge on any atom is 0.270 e. The van der Waals surface area contributed by atoms with Crippen molar-refractivity contribution in [2.75, 3.05) is 0 Å². The van der Waals surface area contributed by atoms with Crippen LogP contribution in [-0.2, 0) is 11.5 Å². The van der Waals surface area contributed by atoms with Crippen LogP contribution in [0.1, 0.15) is 13.8 Å². The van der Waals surface area contributed by atoms with E-state index in [-0.39, 0.29) is 11.7 Å². The normalized spacial score (nSPS) is 10.6. The van der Waals surface area contributed by atoms with E-state index in [0.29, 0.717) is 6.73 Å². The molecule has 0 aliphatic carbocycles. The Bertz CT molecular complexity index is 293. The van der Waals surface area contributed by atoms with E-state index in [1.54, 1.807) is 12.4 Å². The average Bonchev–Trinajstić information content (AvgIpc) is 2.03. The quantitative estimate of drug-likeness (QED) is 0.664. The van der Waals surface area contributed by atoms with E-state index in [0.717, 1.165) is 0 Å². The van der Waals surface area contributed by atoms with Crippen LogP contribution in [0.3, 0.4) is 0 Å². The van der Waals surface area contributed by atoms with Crippen molar-refractivity contribution in [3.05, 3.63) is 28.9 Å². The molecule has 1 aromatic heterocycles. The third-order valence-electron chi connectivity index (χ3n) is 1.35. The van der Waals surface area contributed by atoms with Crippen molar-refractivity contribution in [3.63, 3.8) is 0 Å². The Balaban J connectivity index is 2.64. The van der Waals surface area contributed by atoms with Crippen LogP contribution in [0.15, 0.2) is 23.4 Å². The topological polar surface area (TPSA) is 44.1 Å². The van der Waals surface area contributed by atoms with Crippen LogP contribution in [0, 0.1) is 0 Å². The minimum atomic E-state index is -0.141. The Kier molecular flexibility index (Phi) is 2.99. The summed E-state index contributed by atoms with van der Waals surface area (Å²) in [6.07, 6.45) is 4.56. The predicted molar refractivity (Wildman–Crippen MR) is 44.7 cm³/mol. The zero-order valence-electron chi connectivity index (χ0n) is 7.23. The summed E-state index contributed by atoms with van der Waals surface area (Å²) in [7, 11) is 0. The zero-order valence-corrected chi connectivity index (χ0v) is 7.23. The molecule has 0 N–H and O–H groups in total. The van der Waals surface area contributed by atoms with Crippen molar-refractivity contribution in [3.8, 4) is 0 Å². The lowest BCUT2D eigenvalue weighted by molar-refractivity contribution is 0.0266. The molecule has 12 heavy (non-hydrogen) atoms. The first kappa shape index (κ1) is 8.93. The molecular weight excluding hydrogens is 156 g/mol. The number of hydrogen-bond acceptors (Lipinski definition) is 3. The highest BCUT2D eigenvalue weighted by Crippen LogP contribution is 1.89. The first-order valence-corrected chi connectivity index (χ1v) is 3.82. The molecule has 1 rings (SSSR count). The largest absolute Gasteiger partial charge is 0.358 e. The number of ether oxygens (including phenoxy) is 1. The van der Waals surface area contributed by atoms with Crippen molar-refractivity contribution in [2.45, 2.75) is 26.7 Å². The second-order valence-electron chi connectivity index (χ2n) is 2.73. The van der Waals surface area contributed by atoms with Crippen LogP contribution in [0.5, 0.6) is 0 Å². The molecule has 66 valence electrons. The summed E-state index contributed by atoms with van der Waals surface area (Å²) in [6, 6.07) is 0. The molecule has 1 heterocycles. The van der Waals surface area contributed by atoms with Gasteiger partial charge in [-0.25, -0.2) is 0 Å². The van der Waals surface area contributed by atoms with Gasteiger partial charge in [-0.2, -0.15) is 0 Å². The summed E-state index contributed by atoms with van der Waals surface area (Å²) in [5.41, 5.74) is -0.141. The second kappa shape index (κ2) is 4.01. The highest BCUT2D eigenvalue weighted by molar-refractivity contribution is 4.78. The number of nitrogens with zero attached hydrogens (tertiary/aromatic N) is 2. The minimum Gasteiger partial charge on any atom is -0.358 e. The van der Waals surface area contributed by atoms with E-state index in [9.17, 15) is 4.79 Å². The summed E-state index contributed by atoms with van der Waals surface area (Å²) < 4.78 is 6.71. The Morgan fingerprint density at radius 2 is 2.42 bits per heavy atom. The first-order chi connectivity index (χ1) is 5.70. The van der Waals surface area contributed by atoms with Crippen molar-refractivity contribution in [1.82, 2.24) is 9.55 Å². The van der Waals surface area contributed by atoms with E-state index in [4.69, 9.17) is 4.74 Å². The van der Waals surface area contributed by atoms with Gasteiger partial charge in [0, 0.05) is 12.4 Å². The highest BCUT2D eigenvalue weighted by Gasteiger charge is 1.95. The van der Waals surface area contributed by atoms with Gasteiger partial charge in [-0.15, -0.1) is 0 Å². The van der Waals surface area contributed by atoms with Crippen LogP contribution in [-0.4, -0.2) is 15.7 Å². The maximum atomic E-state index is 11.1. The predicted octanol–water partition coefficient (Wildman–Crippen LogP) is 0.626. The molecule has 0 saturated carbocycles. The van der Waals surface area contributed by atoms with E-state index in [1.165, 1.54) is 10.8 Å². The van der Waals surface area contributed by atoms with Gasteiger partial charge in [0.15, 0.2) is 0 Å². The molecule has 0 unspecified atom stereocenters. The maximum absolute atomic E-state index is 11.1. The van der Waals surface area contributed by atoms with E-state index in [2.05, 4.69) is 4.98 Å². The van der Waals surface area contributed by atoms with Gasteiger partial charge < -0.3 is 4.74 Å². The summed E-state index contributed by atoms with van der Waals surface area (Å²) >= 11 is 0. The second-order valence-corrected chi connectivity index (χ2v) is 2.73. The summed E-state index contributed by atoms with van der Waals surface area (Å²) in [5.74, 6) is 0. The fraction of sp³-hybridized carbons (Fsp3) is 0.500. The van der Waals surface area contributed by atoms with Crippen molar-refractivity contribution in [2.24, 2.45) is 0 Å². The molecule has 0 aliphatic rings. The molecular formula is C8H12N2O2. The fourth-order valence-electron chi connectivity index (χ4n) is 0.709. The van der Waals surface area contributed by atoms with Crippen LogP contribution in [0.2, 0.25) is 0 Å². The molecule has 0 bridgehead atoms. The lowest BCUT2D eigenvalue weighted by Crippen LogP contribution is -2.21. The van der Waals surface area contributed by atoms with Crippen LogP contribution in [0.4, 0.5) is 0 Å². The number of hydrogen-bond donors (Lipinski definition) is 0. The molecule has 4 nitrogen and oxygen atoms in total. The molecule has 0 aliphatic heterocycles. The van der Waals surface area contributed by atoms with Gasteiger partial charge in [-0.3, -0.25) is 14.3 Å². The van der Waals surface area contributed by atoms with Gasteiger partial charge in [0.2, 0.25) is 0 Å². The molecule has 0 saturated heterocycles. The Labute approximate surface area is 70.8 Å². The van der Waals surface area contributed by atoms with Gasteiger partial charge >= 0.3 is 0 Å². The van der Waals surface area contributed by atoms with Crippen LogP contribution < -0.4 is 5.56 Å². The fourth-order valence-corrected chi connectivity index (χ4v) is 0.709. The van der Waals surface area contributed by atoms with E-state index < -0.39 is 0 Å². The Hall–Kier alpha value is -1.16. The highest BCUT2D eigenvalue weighted by atomic mass is 16.5. The van der Waals surface area contributed by atoms with E-state index >= 15 is 0 Å². The summed E-state index contributed by atoms with van der Waals surface area (Å²) in [5, 5.41) is 0.